The topological polar surface area (TPSA) is 66.4 Å². The zero-order chi connectivity index (χ0) is 18.7. The third-order valence-electron chi connectivity index (χ3n) is 8.42. The molecule has 4 rings (SSSR count). The van der Waals surface area contributed by atoms with Gasteiger partial charge in [-0.05, 0) is 79.1 Å². The molecule has 4 aliphatic carbocycles. The molecule has 4 nitrogen and oxygen atoms in total. The maximum Gasteiger partial charge on any atom is 0.217 e. The Hall–Kier alpha value is -0.860. The van der Waals surface area contributed by atoms with E-state index in [0.717, 1.165) is 31.0 Å². The summed E-state index contributed by atoms with van der Waals surface area (Å²) in [6.07, 6.45) is 12.0. The fourth-order valence-electron chi connectivity index (χ4n) is 6.98. The van der Waals surface area contributed by atoms with E-state index in [-0.39, 0.29) is 16.7 Å². The summed E-state index contributed by atoms with van der Waals surface area (Å²) in [6, 6.07) is 0.321. The smallest absolute Gasteiger partial charge is 0.217 e. The monoisotopic (exact) mass is 377 g/mol. The average molecular weight is 377 g/mol. The highest BCUT2D eigenvalue weighted by Gasteiger charge is 2.58. The molecule has 4 aliphatic rings. The van der Waals surface area contributed by atoms with Crippen molar-refractivity contribution >= 4 is 13.9 Å². The second-order valence-electron chi connectivity index (χ2n) is 9.54. The van der Waals surface area contributed by atoms with Gasteiger partial charge >= 0.3 is 0 Å². The van der Waals surface area contributed by atoms with E-state index in [1.165, 1.54) is 24.8 Å². The number of fused-ring (bicyclic) bond motifs is 5. The number of nitrogens with one attached hydrogen (secondary N) is 1. The average Bonchev–Trinajstić information content (AvgIpc) is 2.90. The Morgan fingerprint density at radius 1 is 1.23 bits per heavy atom. The fourth-order valence-corrected chi connectivity index (χ4v) is 7.59. The second kappa shape index (κ2) is 6.34. The summed E-state index contributed by atoms with van der Waals surface area (Å²) in [5, 5.41) is 3.99. The zero-order valence-electron chi connectivity index (χ0n) is 16.2. The number of hydrogen-bond acceptors (Lipinski definition) is 2. The van der Waals surface area contributed by atoms with Crippen LogP contribution in [0.3, 0.4) is 0 Å². The van der Waals surface area contributed by atoms with Gasteiger partial charge in [-0.25, -0.2) is 0 Å². The molecule has 26 heavy (non-hydrogen) atoms. The number of allylic oxidation sites excluding steroid dienone is 4. The number of rotatable bonds is 2. The van der Waals surface area contributed by atoms with Crippen LogP contribution in [0.4, 0.5) is 0 Å². The first kappa shape index (κ1) is 18.5. The van der Waals surface area contributed by atoms with E-state index in [1.807, 2.05) is 6.08 Å². The zero-order valence-corrected chi connectivity index (χ0v) is 17.2. The van der Waals surface area contributed by atoms with Crippen molar-refractivity contribution in [2.24, 2.45) is 28.6 Å². The fraction of sp³-hybridized carbons (Fsp3) is 0.762. The molecular weight excluding hydrogens is 345 g/mol. The summed E-state index contributed by atoms with van der Waals surface area (Å²) < 4.78 is 11.6. The van der Waals surface area contributed by atoms with Gasteiger partial charge in [-0.2, -0.15) is 0 Å². The van der Waals surface area contributed by atoms with Gasteiger partial charge in [-0.3, -0.25) is 9.36 Å². The summed E-state index contributed by atoms with van der Waals surface area (Å²) in [5.41, 5.74) is 1.69. The van der Waals surface area contributed by atoms with Gasteiger partial charge in [0.25, 0.3) is 0 Å². The van der Waals surface area contributed by atoms with Crippen molar-refractivity contribution in [3.05, 3.63) is 23.0 Å². The van der Waals surface area contributed by atoms with Crippen LogP contribution in [0.25, 0.3) is 0 Å². The normalized spacial score (nSPS) is 45.5. The van der Waals surface area contributed by atoms with Crippen LogP contribution in [0.5, 0.6) is 0 Å². The molecule has 0 spiro atoms. The number of hydrogen-bond donors (Lipinski definition) is 2. The molecule has 0 bridgehead atoms. The van der Waals surface area contributed by atoms with Crippen molar-refractivity contribution in [3.63, 3.8) is 0 Å². The van der Waals surface area contributed by atoms with Crippen LogP contribution >= 0.6 is 8.03 Å². The molecule has 1 amide bonds. The minimum atomic E-state index is -2.55. The van der Waals surface area contributed by atoms with Gasteiger partial charge in [-0.15, -0.1) is 0 Å². The molecule has 7 atom stereocenters. The van der Waals surface area contributed by atoms with Gasteiger partial charge in [0.05, 0.1) is 0 Å². The highest BCUT2D eigenvalue weighted by Crippen LogP contribution is 2.65. The van der Waals surface area contributed by atoms with E-state index < -0.39 is 8.03 Å². The Morgan fingerprint density at radius 3 is 2.69 bits per heavy atom. The molecule has 2 saturated carbocycles. The first-order valence-corrected chi connectivity index (χ1v) is 11.5. The van der Waals surface area contributed by atoms with Crippen LogP contribution in [0.1, 0.15) is 65.7 Å². The van der Waals surface area contributed by atoms with Gasteiger partial charge in [0.2, 0.25) is 13.9 Å². The van der Waals surface area contributed by atoms with Gasteiger partial charge < -0.3 is 10.2 Å². The maximum absolute atomic E-state index is 11.7. The quantitative estimate of drug-likeness (QED) is 0.700. The Balaban J connectivity index is 1.64. The highest BCUT2D eigenvalue weighted by atomic mass is 31.1. The first-order chi connectivity index (χ1) is 12.3. The standard InChI is InChI=1S/C21H32NO3P/c1-13(23)22-19-7-6-17-16-5-4-14-12-15(26(24)25)8-10-20(14,2)18(16)9-11-21(17,19)3/h4,12,16-19,26H,5-11H2,1-3H3,(H,22,23)(H,24,25)/t16-,17-,18-,19-,20-,21-/m0/s1. The third-order valence-corrected chi connectivity index (χ3v) is 9.36. The molecular formula is C21H32NO3P. The van der Waals surface area contributed by atoms with Crippen molar-refractivity contribution in [3.8, 4) is 0 Å². The molecule has 0 aromatic heterocycles. The van der Waals surface area contributed by atoms with Gasteiger partial charge in [-0.1, -0.05) is 26.0 Å². The minimum absolute atomic E-state index is 0.0981. The van der Waals surface area contributed by atoms with Crippen LogP contribution in [0, 0.1) is 28.6 Å². The van der Waals surface area contributed by atoms with E-state index >= 15 is 0 Å². The molecule has 2 fully saturated rings. The summed E-state index contributed by atoms with van der Waals surface area (Å²) in [5.74, 6) is 2.12. The third kappa shape index (κ3) is 2.67. The van der Waals surface area contributed by atoms with Crippen molar-refractivity contribution in [1.82, 2.24) is 5.32 Å². The van der Waals surface area contributed by atoms with E-state index in [2.05, 4.69) is 25.2 Å². The Labute approximate surface area is 157 Å². The van der Waals surface area contributed by atoms with Gasteiger partial charge in [0.1, 0.15) is 0 Å². The van der Waals surface area contributed by atoms with Crippen molar-refractivity contribution in [1.29, 1.82) is 0 Å². The molecule has 0 aromatic carbocycles. The lowest BCUT2D eigenvalue weighted by molar-refractivity contribution is -0.121. The van der Waals surface area contributed by atoms with E-state index in [9.17, 15) is 14.3 Å². The lowest BCUT2D eigenvalue weighted by atomic mass is 9.48. The second-order valence-corrected chi connectivity index (χ2v) is 10.8. The Bertz CT molecular complexity index is 714. The summed E-state index contributed by atoms with van der Waals surface area (Å²) in [7, 11) is -2.55. The number of carbonyl (C=O) groups is 1. The lowest BCUT2D eigenvalue weighted by Gasteiger charge is -2.57. The molecule has 0 heterocycles. The molecule has 1 unspecified atom stereocenters. The Kier molecular flexibility index (Phi) is 4.51. The number of carbonyl (C=O) groups excluding carboxylic acids is 1. The molecule has 0 radical (unpaired) electrons. The van der Waals surface area contributed by atoms with Crippen LogP contribution in [-0.4, -0.2) is 16.8 Å². The SMILES string of the molecule is CC(=O)N[C@H]1CC[C@H]2[C@@H]3CC=C4C=C([PH](=O)O)CC[C@]4(C)[C@H]3CC[C@]12C. The van der Waals surface area contributed by atoms with Crippen LogP contribution in [0.15, 0.2) is 23.0 Å². The van der Waals surface area contributed by atoms with Gasteiger partial charge in [0, 0.05) is 18.3 Å². The summed E-state index contributed by atoms with van der Waals surface area (Å²) >= 11 is 0. The van der Waals surface area contributed by atoms with Crippen molar-refractivity contribution < 1.29 is 14.3 Å². The first-order valence-electron chi connectivity index (χ1n) is 10.2. The summed E-state index contributed by atoms with van der Waals surface area (Å²) in [4.78, 5) is 21.2. The highest BCUT2D eigenvalue weighted by molar-refractivity contribution is 7.43. The van der Waals surface area contributed by atoms with Crippen molar-refractivity contribution in [2.75, 3.05) is 0 Å². The van der Waals surface area contributed by atoms with Crippen LogP contribution in [-0.2, 0) is 9.36 Å². The molecule has 0 aromatic rings. The molecule has 5 heteroatoms. The van der Waals surface area contributed by atoms with Crippen LogP contribution in [0.2, 0.25) is 0 Å². The molecule has 0 saturated heterocycles. The van der Waals surface area contributed by atoms with Gasteiger partial charge in [0.15, 0.2) is 0 Å². The predicted molar refractivity (Wildman–Crippen MR) is 104 cm³/mol. The van der Waals surface area contributed by atoms with Crippen molar-refractivity contribution in [2.45, 2.75) is 71.8 Å². The summed E-state index contributed by atoms with van der Waals surface area (Å²) in [6.45, 7) is 6.43. The molecule has 0 aliphatic heterocycles. The maximum atomic E-state index is 11.7. The van der Waals surface area contributed by atoms with E-state index in [4.69, 9.17) is 0 Å². The van der Waals surface area contributed by atoms with E-state index in [1.54, 1.807) is 6.92 Å². The van der Waals surface area contributed by atoms with Crippen LogP contribution < -0.4 is 5.32 Å². The molecule has 144 valence electrons. The lowest BCUT2D eigenvalue weighted by Crippen LogP contribution is -2.53. The molecule has 2 N–H and O–H groups in total. The number of amides is 1. The minimum Gasteiger partial charge on any atom is -0.353 e. The largest absolute Gasteiger partial charge is 0.353 e. The van der Waals surface area contributed by atoms with E-state index in [0.29, 0.717) is 23.8 Å². The Morgan fingerprint density at radius 2 is 2.00 bits per heavy atom. The predicted octanol–water partition coefficient (Wildman–Crippen LogP) is 4.41.